The second kappa shape index (κ2) is 8.19. The largest absolute Gasteiger partial charge is 0.322 e. The van der Waals surface area contributed by atoms with Crippen LogP contribution in [0.1, 0.15) is 30.9 Å². The van der Waals surface area contributed by atoms with Crippen molar-refractivity contribution in [3.05, 3.63) is 59.7 Å². The van der Waals surface area contributed by atoms with Gasteiger partial charge in [0.1, 0.15) is 0 Å². The van der Waals surface area contributed by atoms with Crippen LogP contribution in [0.25, 0.3) is 11.0 Å². The lowest BCUT2D eigenvalue weighted by Crippen LogP contribution is -2.19. The van der Waals surface area contributed by atoms with Crippen molar-refractivity contribution < 1.29 is 4.79 Å². The summed E-state index contributed by atoms with van der Waals surface area (Å²) in [6.07, 6.45) is 1.65. The maximum atomic E-state index is 12.0. The van der Waals surface area contributed by atoms with E-state index in [1.54, 1.807) is 6.21 Å². The number of carbonyl (C=O) groups excluding carboxylic acids is 1. The van der Waals surface area contributed by atoms with Crippen LogP contribution in [0.15, 0.2) is 58.8 Å². The van der Waals surface area contributed by atoms with Gasteiger partial charge in [0, 0.05) is 7.05 Å². The molecular weight excluding hydrogens is 344 g/mol. The number of hydrogen-bond donors (Lipinski definition) is 1. The number of thioether (sulfide) groups is 1. The van der Waals surface area contributed by atoms with E-state index < -0.39 is 0 Å². The molecule has 0 spiro atoms. The number of nitrogens with zero attached hydrogens (tertiary/aromatic N) is 3. The topological polar surface area (TPSA) is 59.3 Å². The van der Waals surface area contributed by atoms with E-state index in [4.69, 9.17) is 0 Å². The third-order valence-corrected chi connectivity index (χ3v) is 5.11. The smallest absolute Gasteiger partial charge is 0.250 e. The van der Waals surface area contributed by atoms with Crippen molar-refractivity contribution in [1.29, 1.82) is 0 Å². The molecule has 1 heterocycles. The first-order valence-corrected chi connectivity index (χ1v) is 9.49. The van der Waals surface area contributed by atoms with Crippen molar-refractivity contribution >= 4 is 34.9 Å². The Bertz CT molecular complexity index is 929. The highest BCUT2D eigenvalue weighted by Crippen LogP contribution is 2.22. The quantitative estimate of drug-likeness (QED) is 0.408. The summed E-state index contributed by atoms with van der Waals surface area (Å²) in [6.45, 7) is 4.32. The summed E-state index contributed by atoms with van der Waals surface area (Å²) >= 11 is 1.40. The van der Waals surface area contributed by atoms with E-state index in [0.29, 0.717) is 5.92 Å². The summed E-state index contributed by atoms with van der Waals surface area (Å²) < 4.78 is 1.99. The molecule has 0 saturated carbocycles. The van der Waals surface area contributed by atoms with Gasteiger partial charge >= 0.3 is 0 Å². The standard InChI is InChI=1S/C20H22N4OS/c1-14(2)16-10-8-15(9-11-16)12-21-23-19(25)13-26-20-22-17-6-4-5-7-18(17)24(20)3/h4-12,14H,13H2,1-3H3,(H,23,25)/b21-12-. The van der Waals surface area contributed by atoms with Crippen molar-refractivity contribution in [3.8, 4) is 0 Å². The van der Waals surface area contributed by atoms with E-state index in [1.807, 2.05) is 48.0 Å². The number of imidazole rings is 1. The minimum absolute atomic E-state index is 0.155. The Morgan fingerprint density at radius 1 is 1.23 bits per heavy atom. The molecule has 6 heteroatoms. The van der Waals surface area contributed by atoms with Crippen LogP contribution >= 0.6 is 11.8 Å². The van der Waals surface area contributed by atoms with Gasteiger partial charge in [0.15, 0.2) is 5.16 Å². The second-order valence-corrected chi connectivity index (χ2v) is 7.29. The number of fused-ring (bicyclic) bond motifs is 1. The normalized spacial score (nSPS) is 11.5. The number of hydrogen-bond acceptors (Lipinski definition) is 4. The number of para-hydroxylation sites is 2. The van der Waals surface area contributed by atoms with E-state index in [-0.39, 0.29) is 11.7 Å². The molecule has 3 rings (SSSR count). The van der Waals surface area contributed by atoms with Crippen LogP contribution < -0.4 is 5.43 Å². The van der Waals surface area contributed by atoms with E-state index >= 15 is 0 Å². The summed E-state index contributed by atoms with van der Waals surface area (Å²) in [5.74, 6) is 0.610. The zero-order valence-corrected chi connectivity index (χ0v) is 16.0. The van der Waals surface area contributed by atoms with Crippen LogP contribution in [0.5, 0.6) is 0 Å². The minimum Gasteiger partial charge on any atom is -0.322 e. The van der Waals surface area contributed by atoms with Crippen LogP contribution in [0.2, 0.25) is 0 Å². The molecule has 0 atom stereocenters. The van der Waals surface area contributed by atoms with Crippen molar-refractivity contribution in [1.82, 2.24) is 15.0 Å². The molecule has 26 heavy (non-hydrogen) atoms. The van der Waals surface area contributed by atoms with Gasteiger partial charge in [-0.15, -0.1) is 0 Å². The number of hydrazone groups is 1. The summed E-state index contributed by atoms with van der Waals surface area (Å²) in [5, 5.41) is 4.84. The van der Waals surface area contributed by atoms with Gasteiger partial charge < -0.3 is 4.57 Å². The molecule has 1 N–H and O–H groups in total. The average molecular weight is 366 g/mol. The Balaban J connectivity index is 1.53. The first kappa shape index (κ1) is 18.2. The molecule has 0 bridgehead atoms. The Morgan fingerprint density at radius 3 is 2.65 bits per heavy atom. The van der Waals surface area contributed by atoms with Crippen molar-refractivity contribution in [3.63, 3.8) is 0 Å². The maximum absolute atomic E-state index is 12.0. The van der Waals surface area contributed by atoms with Gasteiger partial charge in [-0.05, 0) is 29.2 Å². The van der Waals surface area contributed by atoms with Crippen LogP contribution in [0.4, 0.5) is 0 Å². The molecule has 0 unspecified atom stereocenters. The predicted octanol–water partition coefficient (Wildman–Crippen LogP) is 3.94. The van der Waals surface area contributed by atoms with E-state index in [1.165, 1.54) is 17.3 Å². The van der Waals surface area contributed by atoms with Crippen LogP contribution in [-0.4, -0.2) is 27.4 Å². The van der Waals surface area contributed by atoms with E-state index in [2.05, 4.69) is 41.5 Å². The number of aromatic nitrogens is 2. The van der Waals surface area contributed by atoms with Gasteiger partial charge in [0.2, 0.25) is 0 Å². The molecule has 0 radical (unpaired) electrons. The molecule has 0 aliphatic heterocycles. The van der Waals surface area contributed by atoms with Gasteiger partial charge in [-0.2, -0.15) is 5.10 Å². The molecule has 134 valence electrons. The molecule has 5 nitrogen and oxygen atoms in total. The third kappa shape index (κ3) is 4.32. The lowest BCUT2D eigenvalue weighted by Gasteiger charge is -2.04. The first-order valence-electron chi connectivity index (χ1n) is 8.50. The van der Waals surface area contributed by atoms with Gasteiger partial charge in [-0.25, -0.2) is 10.4 Å². The number of benzene rings is 2. The third-order valence-electron chi connectivity index (χ3n) is 4.08. The van der Waals surface area contributed by atoms with Crippen LogP contribution in [-0.2, 0) is 11.8 Å². The van der Waals surface area contributed by atoms with Crippen molar-refractivity contribution in [2.24, 2.45) is 12.1 Å². The number of aryl methyl sites for hydroxylation is 1. The Hall–Kier alpha value is -2.60. The zero-order valence-electron chi connectivity index (χ0n) is 15.1. The molecule has 3 aromatic rings. The number of nitrogens with one attached hydrogen (secondary N) is 1. The van der Waals surface area contributed by atoms with Crippen LogP contribution in [0.3, 0.4) is 0 Å². The fraction of sp³-hybridized carbons (Fsp3) is 0.250. The lowest BCUT2D eigenvalue weighted by molar-refractivity contribution is -0.118. The monoisotopic (exact) mass is 366 g/mol. The predicted molar refractivity (Wildman–Crippen MR) is 108 cm³/mol. The van der Waals surface area contributed by atoms with Crippen LogP contribution in [0, 0.1) is 0 Å². The van der Waals surface area contributed by atoms with Crippen molar-refractivity contribution in [2.45, 2.75) is 24.9 Å². The van der Waals surface area contributed by atoms with E-state index in [0.717, 1.165) is 21.8 Å². The summed E-state index contributed by atoms with van der Waals surface area (Å²) in [7, 11) is 1.95. The Morgan fingerprint density at radius 2 is 1.96 bits per heavy atom. The van der Waals surface area contributed by atoms with Gasteiger partial charge in [-0.1, -0.05) is 62.0 Å². The molecule has 0 aliphatic carbocycles. The molecule has 0 fully saturated rings. The van der Waals surface area contributed by atoms with Gasteiger partial charge in [-0.3, -0.25) is 4.79 Å². The lowest BCUT2D eigenvalue weighted by atomic mass is 10.0. The molecule has 0 aliphatic rings. The van der Waals surface area contributed by atoms with E-state index in [9.17, 15) is 4.79 Å². The van der Waals surface area contributed by atoms with Crippen molar-refractivity contribution in [2.75, 3.05) is 5.75 Å². The molecule has 0 saturated heterocycles. The summed E-state index contributed by atoms with van der Waals surface area (Å²) in [6, 6.07) is 16.1. The molecule has 1 aromatic heterocycles. The highest BCUT2D eigenvalue weighted by molar-refractivity contribution is 7.99. The van der Waals surface area contributed by atoms with Gasteiger partial charge in [0.25, 0.3) is 5.91 Å². The highest BCUT2D eigenvalue weighted by atomic mass is 32.2. The molecule has 2 aromatic carbocycles. The summed E-state index contributed by atoms with van der Waals surface area (Å²) in [5.41, 5.74) is 6.79. The highest BCUT2D eigenvalue weighted by Gasteiger charge is 2.09. The number of carbonyl (C=O) groups is 1. The maximum Gasteiger partial charge on any atom is 0.250 e. The molecule has 1 amide bonds. The number of amides is 1. The molecular formula is C20H22N4OS. The fourth-order valence-corrected chi connectivity index (χ4v) is 3.34. The van der Waals surface area contributed by atoms with Gasteiger partial charge in [0.05, 0.1) is 23.0 Å². The average Bonchev–Trinajstić information content (AvgIpc) is 2.97. The Kier molecular flexibility index (Phi) is 5.73. The minimum atomic E-state index is -0.155. The SMILES string of the molecule is CC(C)c1ccc(/C=N\NC(=O)CSc2nc3ccccc3n2C)cc1. The first-order chi connectivity index (χ1) is 12.5. The second-order valence-electron chi connectivity index (χ2n) is 6.35. The zero-order chi connectivity index (χ0) is 18.5. The Labute approximate surface area is 157 Å². The fourth-order valence-electron chi connectivity index (χ4n) is 2.56. The summed E-state index contributed by atoms with van der Waals surface area (Å²) in [4.78, 5) is 16.5. The number of rotatable bonds is 6.